The summed E-state index contributed by atoms with van der Waals surface area (Å²) in [6.07, 6.45) is 1.65. The summed E-state index contributed by atoms with van der Waals surface area (Å²) >= 11 is 0. The van der Waals surface area contributed by atoms with Gasteiger partial charge < -0.3 is 19.5 Å². The molecule has 170 valence electrons. The quantitative estimate of drug-likeness (QED) is 0.660. The first-order valence-corrected chi connectivity index (χ1v) is 11.8. The van der Waals surface area contributed by atoms with E-state index in [-0.39, 0.29) is 17.3 Å². The second kappa shape index (κ2) is 9.17. The van der Waals surface area contributed by atoms with E-state index in [0.29, 0.717) is 30.3 Å². The number of anilines is 1. The van der Waals surface area contributed by atoms with E-state index in [2.05, 4.69) is 5.32 Å². The van der Waals surface area contributed by atoms with Gasteiger partial charge in [0.05, 0.1) is 10.5 Å². The van der Waals surface area contributed by atoms with Gasteiger partial charge in [0.15, 0.2) is 17.6 Å². The number of sulfonamides is 1. The molecule has 10 heteroatoms. The van der Waals surface area contributed by atoms with Crippen molar-refractivity contribution < 1.29 is 32.2 Å². The highest BCUT2D eigenvalue weighted by Gasteiger charge is 2.26. The van der Waals surface area contributed by atoms with Gasteiger partial charge in [-0.1, -0.05) is 6.42 Å². The average molecular weight is 461 g/mol. The topological polar surface area (TPSA) is 111 Å². The fourth-order valence-corrected chi connectivity index (χ4v) is 5.03. The summed E-state index contributed by atoms with van der Waals surface area (Å²) in [5.74, 6) is -0.123. The molecule has 0 aromatic heterocycles. The van der Waals surface area contributed by atoms with Gasteiger partial charge in [-0.15, -0.1) is 0 Å². The lowest BCUT2D eigenvalue weighted by molar-refractivity contribution is -0.123. The Morgan fingerprint density at radius 1 is 1.00 bits per heavy atom. The van der Waals surface area contributed by atoms with E-state index in [1.165, 1.54) is 35.5 Å². The number of hydrogen-bond acceptors (Lipinski definition) is 7. The van der Waals surface area contributed by atoms with Gasteiger partial charge >= 0.3 is 5.97 Å². The SMILES string of the molecule is CC(OC(=O)c1ccc(S(=O)(=O)N2CCCCC2)cc1)C(=O)Nc1ccc2c(c1)OCO2. The fourth-order valence-electron chi connectivity index (χ4n) is 3.52. The first-order chi connectivity index (χ1) is 15.3. The number of ether oxygens (including phenoxy) is 3. The number of carbonyl (C=O) groups is 2. The second-order valence-electron chi connectivity index (χ2n) is 7.59. The number of nitrogens with zero attached hydrogens (tertiary/aromatic N) is 1. The number of carbonyl (C=O) groups excluding carboxylic acids is 2. The van der Waals surface area contributed by atoms with E-state index >= 15 is 0 Å². The molecule has 2 aliphatic rings. The van der Waals surface area contributed by atoms with Gasteiger partial charge in [-0.05, 0) is 56.2 Å². The lowest BCUT2D eigenvalue weighted by Crippen LogP contribution is -2.35. The molecule has 1 fully saturated rings. The Hall–Kier alpha value is -3.11. The van der Waals surface area contributed by atoms with Gasteiger partial charge in [-0.3, -0.25) is 4.79 Å². The molecule has 1 N–H and O–H groups in total. The Morgan fingerprint density at radius 3 is 2.41 bits per heavy atom. The van der Waals surface area contributed by atoms with Crippen LogP contribution in [-0.4, -0.2) is 50.6 Å². The predicted octanol–water partition coefficient (Wildman–Crippen LogP) is 2.77. The summed E-state index contributed by atoms with van der Waals surface area (Å²) in [7, 11) is -3.58. The van der Waals surface area contributed by atoms with Crippen molar-refractivity contribution in [2.24, 2.45) is 0 Å². The van der Waals surface area contributed by atoms with Crippen molar-refractivity contribution in [2.75, 3.05) is 25.2 Å². The maximum Gasteiger partial charge on any atom is 0.338 e. The molecule has 0 aliphatic carbocycles. The van der Waals surface area contributed by atoms with Crippen molar-refractivity contribution in [3.63, 3.8) is 0 Å². The molecule has 2 heterocycles. The standard InChI is InChI=1S/C22H24N2O7S/c1-15(21(25)23-17-7-10-19-20(13-17)30-14-29-19)31-22(26)16-5-8-18(9-6-16)32(27,28)24-11-3-2-4-12-24/h5-10,13,15H,2-4,11-12,14H2,1H3,(H,23,25). The summed E-state index contributed by atoms with van der Waals surface area (Å²) in [6.45, 7) is 2.58. The molecule has 0 radical (unpaired) electrons. The molecule has 1 unspecified atom stereocenters. The van der Waals surface area contributed by atoms with Crippen LogP contribution in [0.2, 0.25) is 0 Å². The number of amides is 1. The normalized spacial score (nSPS) is 16.9. The molecule has 2 aliphatic heterocycles. The van der Waals surface area contributed by atoms with E-state index in [1.54, 1.807) is 18.2 Å². The molecule has 4 rings (SSSR count). The van der Waals surface area contributed by atoms with Crippen LogP contribution in [0, 0.1) is 0 Å². The first kappa shape index (κ1) is 22.1. The zero-order valence-corrected chi connectivity index (χ0v) is 18.4. The van der Waals surface area contributed by atoms with Gasteiger partial charge in [0.2, 0.25) is 16.8 Å². The summed E-state index contributed by atoms with van der Waals surface area (Å²) in [5.41, 5.74) is 0.639. The molecule has 32 heavy (non-hydrogen) atoms. The molecule has 2 aromatic rings. The molecule has 9 nitrogen and oxygen atoms in total. The van der Waals surface area contributed by atoms with Gasteiger partial charge in [0.25, 0.3) is 5.91 Å². The largest absolute Gasteiger partial charge is 0.454 e. The number of hydrogen-bond donors (Lipinski definition) is 1. The van der Waals surface area contributed by atoms with Gasteiger partial charge in [0.1, 0.15) is 0 Å². The third kappa shape index (κ3) is 4.71. The highest BCUT2D eigenvalue weighted by Crippen LogP contribution is 2.34. The number of fused-ring (bicyclic) bond motifs is 1. The zero-order chi connectivity index (χ0) is 22.7. The van der Waals surface area contributed by atoms with Crippen molar-refractivity contribution in [2.45, 2.75) is 37.2 Å². The summed E-state index contributed by atoms with van der Waals surface area (Å²) < 4.78 is 42.6. The van der Waals surface area contributed by atoms with Crippen LogP contribution in [0.3, 0.4) is 0 Å². The minimum absolute atomic E-state index is 0.124. The van der Waals surface area contributed by atoms with Crippen LogP contribution in [0.5, 0.6) is 11.5 Å². The van der Waals surface area contributed by atoms with E-state index in [4.69, 9.17) is 14.2 Å². The van der Waals surface area contributed by atoms with Gasteiger partial charge in [0, 0.05) is 24.8 Å². The minimum atomic E-state index is -3.58. The van der Waals surface area contributed by atoms with Crippen LogP contribution >= 0.6 is 0 Å². The number of nitrogens with one attached hydrogen (secondary N) is 1. The average Bonchev–Trinajstić information content (AvgIpc) is 3.27. The van der Waals surface area contributed by atoms with Gasteiger partial charge in [-0.2, -0.15) is 4.31 Å². The summed E-state index contributed by atoms with van der Waals surface area (Å²) in [6, 6.07) is 10.5. The maximum atomic E-state index is 12.7. The minimum Gasteiger partial charge on any atom is -0.454 e. The third-order valence-corrected chi connectivity index (χ3v) is 7.25. The third-order valence-electron chi connectivity index (χ3n) is 5.34. The highest BCUT2D eigenvalue weighted by atomic mass is 32.2. The number of rotatable bonds is 6. The van der Waals surface area contributed by atoms with Crippen molar-refractivity contribution >= 4 is 27.6 Å². The molecule has 0 spiro atoms. The number of piperidine rings is 1. The molecular formula is C22H24N2O7S. The van der Waals surface area contributed by atoms with Crippen molar-refractivity contribution in [1.29, 1.82) is 0 Å². The fraction of sp³-hybridized carbons (Fsp3) is 0.364. The predicted molar refractivity (Wildman–Crippen MR) is 115 cm³/mol. The first-order valence-electron chi connectivity index (χ1n) is 10.4. The Labute approximate surface area is 186 Å². The van der Waals surface area contributed by atoms with Crippen LogP contribution in [-0.2, 0) is 19.6 Å². The molecule has 1 amide bonds. The van der Waals surface area contributed by atoms with Crippen molar-refractivity contribution in [1.82, 2.24) is 4.31 Å². The van der Waals surface area contributed by atoms with Crippen LogP contribution in [0.15, 0.2) is 47.4 Å². The highest BCUT2D eigenvalue weighted by molar-refractivity contribution is 7.89. The van der Waals surface area contributed by atoms with Gasteiger partial charge in [-0.25, -0.2) is 13.2 Å². The Bertz CT molecular complexity index is 1110. The lowest BCUT2D eigenvalue weighted by atomic mass is 10.2. The van der Waals surface area contributed by atoms with E-state index in [9.17, 15) is 18.0 Å². The summed E-state index contributed by atoms with van der Waals surface area (Å²) in [5, 5.41) is 2.66. The van der Waals surface area contributed by atoms with Crippen LogP contribution in [0.4, 0.5) is 5.69 Å². The van der Waals surface area contributed by atoms with Crippen LogP contribution in [0.1, 0.15) is 36.5 Å². The Kier molecular flexibility index (Phi) is 6.33. The summed E-state index contributed by atoms with van der Waals surface area (Å²) in [4.78, 5) is 25.0. The molecule has 1 atom stereocenters. The van der Waals surface area contributed by atoms with E-state index in [0.717, 1.165) is 19.3 Å². The zero-order valence-electron chi connectivity index (χ0n) is 17.6. The molecule has 0 bridgehead atoms. The second-order valence-corrected chi connectivity index (χ2v) is 9.53. The maximum absolute atomic E-state index is 12.7. The lowest BCUT2D eigenvalue weighted by Gasteiger charge is -2.25. The van der Waals surface area contributed by atoms with Crippen LogP contribution in [0.25, 0.3) is 0 Å². The molecular weight excluding hydrogens is 436 g/mol. The van der Waals surface area contributed by atoms with E-state index < -0.39 is 28.0 Å². The van der Waals surface area contributed by atoms with Crippen molar-refractivity contribution in [3.8, 4) is 11.5 Å². The Balaban J connectivity index is 1.36. The molecule has 0 saturated carbocycles. The Morgan fingerprint density at radius 2 is 1.69 bits per heavy atom. The van der Waals surface area contributed by atoms with Crippen LogP contribution < -0.4 is 14.8 Å². The number of esters is 1. The smallest absolute Gasteiger partial charge is 0.338 e. The van der Waals surface area contributed by atoms with E-state index in [1.807, 2.05) is 0 Å². The monoisotopic (exact) mass is 460 g/mol. The number of benzene rings is 2. The molecule has 1 saturated heterocycles. The van der Waals surface area contributed by atoms with Crippen molar-refractivity contribution in [3.05, 3.63) is 48.0 Å². The molecule has 2 aromatic carbocycles.